The standard InChI is InChI=1S/C17H17N5O/c1-13-11-22(17(18)21-13)20-10-14-5-7-16(8-6-14)23-12-15-4-2-3-9-19-15/h2-11H,12H2,1H3,(H2,18,21). The molecule has 3 aromatic rings. The Balaban J connectivity index is 1.62. The van der Waals surface area contributed by atoms with Gasteiger partial charge in [0.05, 0.1) is 23.8 Å². The van der Waals surface area contributed by atoms with Crippen LogP contribution in [0.4, 0.5) is 5.95 Å². The smallest absolute Gasteiger partial charge is 0.221 e. The lowest BCUT2D eigenvalue weighted by molar-refractivity contribution is 0.301. The quantitative estimate of drug-likeness (QED) is 0.735. The second-order valence-electron chi connectivity index (χ2n) is 5.01. The maximum atomic E-state index is 5.74. The van der Waals surface area contributed by atoms with Gasteiger partial charge in [0.25, 0.3) is 0 Å². The van der Waals surface area contributed by atoms with E-state index in [9.17, 15) is 0 Å². The Bertz CT molecular complexity index is 794. The highest BCUT2D eigenvalue weighted by Crippen LogP contribution is 2.13. The number of anilines is 1. The Hall–Kier alpha value is -3.15. The molecule has 23 heavy (non-hydrogen) atoms. The molecular formula is C17H17N5O. The van der Waals surface area contributed by atoms with E-state index in [-0.39, 0.29) is 0 Å². The van der Waals surface area contributed by atoms with Crippen molar-refractivity contribution in [2.24, 2.45) is 5.10 Å². The highest BCUT2D eigenvalue weighted by atomic mass is 16.5. The molecule has 0 amide bonds. The molecule has 0 fully saturated rings. The number of nitrogen functional groups attached to an aromatic ring is 1. The molecule has 0 unspecified atom stereocenters. The van der Waals surface area contributed by atoms with Crippen molar-refractivity contribution in [2.75, 3.05) is 5.73 Å². The summed E-state index contributed by atoms with van der Waals surface area (Å²) < 4.78 is 7.23. The van der Waals surface area contributed by atoms with Gasteiger partial charge in [-0.1, -0.05) is 6.07 Å². The van der Waals surface area contributed by atoms with E-state index < -0.39 is 0 Å². The van der Waals surface area contributed by atoms with Crippen molar-refractivity contribution in [2.45, 2.75) is 13.5 Å². The molecule has 0 spiro atoms. The number of ether oxygens (including phenoxy) is 1. The molecule has 0 aliphatic heterocycles. The summed E-state index contributed by atoms with van der Waals surface area (Å²) in [5.41, 5.74) is 8.41. The number of aryl methyl sites for hydroxylation is 1. The first kappa shape index (κ1) is 14.8. The van der Waals surface area contributed by atoms with Crippen molar-refractivity contribution in [3.8, 4) is 5.75 Å². The number of hydrogen-bond donors (Lipinski definition) is 1. The van der Waals surface area contributed by atoms with Crippen LogP contribution in [0.15, 0.2) is 60.0 Å². The first-order chi connectivity index (χ1) is 11.2. The fraction of sp³-hybridized carbons (Fsp3) is 0.118. The third-order valence-corrected chi connectivity index (χ3v) is 3.16. The van der Waals surface area contributed by atoms with E-state index in [4.69, 9.17) is 10.5 Å². The number of aromatic nitrogens is 3. The molecule has 6 heteroatoms. The molecule has 0 radical (unpaired) electrons. The van der Waals surface area contributed by atoms with E-state index >= 15 is 0 Å². The number of nitrogens with two attached hydrogens (primary N) is 1. The zero-order valence-corrected chi connectivity index (χ0v) is 12.8. The maximum Gasteiger partial charge on any atom is 0.221 e. The molecule has 0 saturated carbocycles. The van der Waals surface area contributed by atoms with Crippen LogP contribution in [0, 0.1) is 6.92 Å². The fourth-order valence-corrected chi connectivity index (χ4v) is 2.02. The van der Waals surface area contributed by atoms with Crippen molar-refractivity contribution >= 4 is 12.2 Å². The van der Waals surface area contributed by atoms with Crippen molar-refractivity contribution in [1.29, 1.82) is 0 Å². The zero-order valence-electron chi connectivity index (χ0n) is 12.8. The summed E-state index contributed by atoms with van der Waals surface area (Å²) in [7, 11) is 0. The summed E-state index contributed by atoms with van der Waals surface area (Å²) in [6, 6.07) is 13.4. The van der Waals surface area contributed by atoms with Gasteiger partial charge in [-0.3, -0.25) is 4.98 Å². The largest absolute Gasteiger partial charge is 0.487 e. The predicted molar refractivity (Wildman–Crippen MR) is 89.4 cm³/mol. The highest BCUT2D eigenvalue weighted by molar-refractivity contribution is 5.79. The van der Waals surface area contributed by atoms with Gasteiger partial charge in [0, 0.05) is 6.20 Å². The minimum Gasteiger partial charge on any atom is -0.487 e. The minimum atomic E-state index is 0.370. The third-order valence-electron chi connectivity index (χ3n) is 3.16. The van der Waals surface area contributed by atoms with Crippen molar-refractivity contribution in [3.05, 3.63) is 71.8 Å². The topological polar surface area (TPSA) is 78.3 Å². The lowest BCUT2D eigenvalue weighted by Gasteiger charge is -2.05. The van der Waals surface area contributed by atoms with E-state index in [0.29, 0.717) is 12.6 Å². The molecule has 0 bridgehead atoms. The molecule has 3 rings (SSSR count). The van der Waals surface area contributed by atoms with Gasteiger partial charge in [-0.25, -0.2) is 9.66 Å². The molecule has 0 saturated heterocycles. The first-order valence-electron chi connectivity index (χ1n) is 7.19. The summed E-state index contributed by atoms with van der Waals surface area (Å²) in [6.07, 6.45) is 5.25. The molecule has 116 valence electrons. The predicted octanol–water partition coefficient (Wildman–Crippen LogP) is 2.63. The molecule has 0 atom stereocenters. The minimum absolute atomic E-state index is 0.370. The number of hydrogen-bond acceptors (Lipinski definition) is 5. The number of nitrogens with zero attached hydrogens (tertiary/aromatic N) is 4. The van der Waals surface area contributed by atoms with E-state index in [1.54, 1.807) is 23.3 Å². The van der Waals surface area contributed by atoms with Crippen LogP contribution in [0.25, 0.3) is 0 Å². The Kier molecular flexibility index (Phi) is 4.33. The second kappa shape index (κ2) is 6.74. The van der Waals surface area contributed by atoms with Gasteiger partial charge >= 0.3 is 0 Å². The zero-order chi connectivity index (χ0) is 16.1. The van der Waals surface area contributed by atoms with Crippen LogP contribution in [0.1, 0.15) is 17.0 Å². The highest BCUT2D eigenvalue weighted by Gasteiger charge is 1.99. The Morgan fingerprint density at radius 3 is 2.70 bits per heavy atom. The number of benzene rings is 1. The summed E-state index contributed by atoms with van der Waals surface area (Å²) >= 11 is 0. The lowest BCUT2D eigenvalue weighted by atomic mass is 10.2. The molecule has 6 nitrogen and oxygen atoms in total. The van der Waals surface area contributed by atoms with Gasteiger partial charge in [-0.15, -0.1) is 0 Å². The van der Waals surface area contributed by atoms with Gasteiger partial charge in [-0.2, -0.15) is 5.10 Å². The number of rotatable bonds is 5. The van der Waals surface area contributed by atoms with E-state index in [0.717, 1.165) is 22.7 Å². The van der Waals surface area contributed by atoms with Crippen molar-refractivity contribution in [3.63, 3.8) is 0 Å². The molecule has 1 aromatic carbocycles. The van der Waals surface area contributed by atoms with Crippen molar-refractivity contribution < 1.29 is 4.74 Å². The van der Waals surface area contributed by atoms with Gasteiger partial charge in [0.15, 0.2) is 0 Å². The number of imidazole rings is 1. The van der Waals surface area contributed by atoms with E-state index in [1.807, 2.05) is 49.4 Å². The van der Waals surface area contributed by atoms with E-state index in [1.165, 1.54) is 0 Å². The molecule has 0 aliphatic carbocycles. The fourth-order valence-electron chi connectivity index (χ4n) is 2.02. The van der Waals surface area contributed by atoms with Crippen molar-refractivity contribution in [1.82, 2.24) is 14.6 Å². The Morgan fingerprint density at radius 1 is 1.22 bits per heavy atom. The van der Waals surface area contributed by atoms with Crippen LogP contribution < -0.4 is 10.5 Å². The summed E-state index contributed by atoms with van der Waals surface area (Å²) in [5, 5.41) is 4.27. The van der Waals surface area contributed by atoms with Gasteiger partial charge in [-0.05, 0) is 48.9 Å². The average Bonchev–Trinajstić information content (AvgIpc) is 2.90. The third kappa shape index (κ3) is 3.94. The summed E-state index contributed by atoms with van der Waals surface area (Å²) in [5.74, 6) is 1.15. The van der Waals surface area contributed by atoms with Crippen LogP contribution in [-0.4, -0.2) is 20.9 Å². The second-order valence-corrected chi connectivity index (χ2v) is 5.01. The monoisotopic (exact) mass is 307 g/mol. The molecule has 2 aromatic heterocycles. The molecule has 0 aliphatic rings. The van der Waals surface area contributed by atoms with E-state index in [2.05, 4.69) is 15.1 Å². The van der Waals surface area contributed by atoms with Gasteiger partial charge < -0.3 is 10.5 Å². The Morgan fingerprint density at radius 2 is 2.04 bits per heavy atom. The lowest BCUT2D eigenvalue weighted by Crippen LogP contribution is -1.98. The van der Waals surface area contributed by atoms with Crippen LogP contribution in [0.3, 0.4) is 0 Å². The van der Waals surface area contributed by atoms with Crippen LogP contribution in [0.2, 0.25) is 0 Å². The molecular weight excluding hydrogens is 290 g/mol. The van der Waals surface area contributed by atoms with Crippen LogP contribution in [-0.2, 0) is 6.61 Å². The Labute approximate surface area is 134 Å². The SMILES string of the molecule is Cc1cn(N=Cc2ccc(OCc3ccccn3)cc2)c(N)n1. The summed E-state index contributed by atoms with van der Waals surface area (Å²) in [6.45, 7) is 2.31. The number of pyridine rings is 1. The van der Waals surface area contributed by atoms with Crippen LogP contribution >= 0.6 is 0 Å². The summed E-state index contributed by atoms with van der Waals surface area (Å²) in [4.78, 5) is 8.31. The van der Waals surface area contributed by atoms with Gasteiger partial charge in [0.1, 0.15) is 12.4 Å². The van der Waals surface area contributed by atoms with Gasteiger partial charge in [0.2, 0.25) is 5.95 Å². The molecule has 2 N–H and O–H groups in total. The first-order valence-corrected chi connectivity index (χ1v) is 7.19. The normalized spacial score (nSPS) is 11.0. The average molecular weight is 307 g/mol. The maximum absolute atomic E-state index is 5.74. The molecule has 2 heterocycles. The van der Waals surface area contributed by atoms with Crippen LogP contribution in [0.5, 0.6) is 5.75 Å².